The molecule has 10 nitrogen and oxygen atoms in total. The van der Waals surface area contributed by atoms with Gasteiger partial charge in [-0.3, -0.25) is 4.79 Å². The molecular formula is C21H32F2N2O8. The number of ether oxygens (including phenoxy) is 4. The second kappa shape index (κ2) is 15.3. The number of halogens is 2. The smallest absolute Gasteiger partial charge is 0.331 e. The minimum Gasteiger partial charge on any atom is -0.503 e. The molecule has 12 heteroatoms. The predicted octanol–water partition coefficient (Wildman–Crippen LogP) is 1.68. The van der Waals surface area contributed by atoms with Crippen LogP contribution in [0.4, 0.5) is 8.78 Å². The molecule has 3 atom stereocenters. The maximum absolute atomic E-state index is 12.5. The lowest BCUT2D eigenvalue weighted by atomic mass is 10.2. The second-order valence-electron chi connectivity index (χ2n) is 7.18. The monoisotopic (exact) mass is 478 g/mol. The van der Waals surface area contributed by atoms with E-state index in [0.29, 0.717) is 19.6 Å². The molecular weight excluding hydrogens is 446 g/mol. The van der Waals surface area contributed by atoms with E-state index in [1.807, 2.05) is 0 Å². The number of aromatic nitrogens is 1. The first-order valence-corrected chi connectivity index (χ1v) is 10.5. The summed E-state index contributed by atoms with van der Waals surface area (Å²) in [4.78, 5) is 28.7. The van der Waals surface area contributed by atoms with E-state index in [1.54, 1.807) is 6.92 Å². The highest BCUT2D eigenvalue weighted by atomic mass is 19.3. The first kappa shape index (κ1) is 28.5. The van der Waals surface area contributed by atoms with Crippen LogP contribution in [0.2, 0.25) is 0 Å². The van der Waals surface area contributed by atoms with Crippen LogP contribution in [0.3, 0.4) is 0 Å². The van der Waals surface area contributed by atoms with Crippen molar-refractivity contribution >= 4 is 11.9 Å². The molecule has 0 saturated carbocycles. The molecule has 0 aliphatic carbocycles. The number of aliphatic hydroxyl groups is 1. The molecule has 188 valence electrons. The third kappa shape index (κ3) is 10.3. The Morgan fingerprint density at radius 2 is 2.09 bits per heavy atom. The molecule has 1 fully saturated rings. The molecule has 0 bridgehead atoms. The van der Waals surface area contributed by atoms with Crippen molar-refractivity contribution in [2.24, 2.45) is 0 Å². The Morgan fingerprint density at radius 3 is 2.70 bits per heavy atom. The Labute approximate surface area is 191 Å². The van der Waals surface area contributed by atoms with Crippen LogP contribution >= 0.6 is 0 Å². The fraction of sp³-hybridized carbons (Fsp3) is 0.667. The molecule has 1 saturated heterocycles. The van der Waals surface area contributed by atoms with Gasteiger partial charge in [0.1, 0.15) is 12.7 Å². The minimum atomic E-state index is -2.56. The quantitative estimate of drug-likeness (QED) is 0.376. The summed E-state index contributed by atoms with van der Waals surface area (Å²) < 4.78 is 42.8. The summed E-state index contributed by atoms with van der Waals surface area (Å²) in [5, 5.41) is 20.0. The SMILES string of the molecule is CCCCOC1COC[C@H](NC(=O)c2nccc(OC)c2O)C(=O)OC(C)C1.OCC(F)F. The van der Waals surface area contributed by atoms with Crippen molar-refractivity contribution in [3.63, 3.8) is 0 Å². The van der Waals surface area contributed by atoms with Crippen molar-refractivity contribution in [2.75, 3.05) is 33.5 Å². The lowest BCUT2D eigenvalue weighted by Gasteiger charge is -2.20. The molecule has 33 heavy (non-hydrogen) atoms. The standard InChI is InChI=1S/C19H28N2O7.C2H4F2O/c1-4-5-8-27-13-9-12(2)28-19(24)14(11-26-10-13)21-18(23)16-17(22)15(25-3)6-7-20-16;3-2(4)1-5/h6-7,12-14,22H,4-5,8-11H2,1-3H3,(H,21,23);2,5H,1H2/t12?,13?,14-;/m0./s1. The summed E-state index contributed by atoms with van der Waals surface area (Å²) in [5.41, 5.74) is -0.249. The van der Waals surface area contributed by atoms with Crippen LogP contribution in [0, 0.1) is 0 Å². The summed E-state index contributed by atoms with van der Waals surface area (Å²) in [6.07, 6.45) is 0.671. The van der Waals surface area contributed by atoms with Crippen molar-refractivity contribution in [3.8, 4) is 11.5 Å². The maximum atomic E-state index is 12.5. The number of cyclic esters (lactones) is 1. The summed E-state index contributed by atoms with van der Waals surface area (Å²) in [6.45, 7) is 3.66. The zero-order chi connectivity index (χ0) is 24.8. The number of methoxy groups -OCH3 is 1. The number of esters is 1. The molecule has 2 heterocycles. The number of aliphatic hydroxyl groups excluding tert-OH is 1. The van der Waals surface area contributed by atoms with Crippen LogP contribution in [0.1, 0.15) is 43.6 Å². The topological polar surface area (TPSA) is 136 Å². The molecule has 0 aromatic carbocycles. The van der Waals surface area contributed by atoms with Gasteiger partial charge in [-0.2, -0.15) is 0 Å². The van der Waals surface area contributed by atoms with Gasteiger partial charge in [0.2, 0.25) is 0 Å². The van der Waals surface area contributed by atoms with Gasteiger partial charge in [0, 0.05) is 25.3 Å². The molecule has 3 N–H and O–H groups in total. The molecule has 1 aromatic rings. The van der Waals surface area contributed by atoms with E-state index in [4.69, 9.17) is 24.1 Å². The predicted molar refractivity (Wildman–Crippen MR) is 112 cm³/mol. The molecule has 0 radical (unpaired) electrons. The Balaban J connectivity index is 0.000000981. The van der Waals surface area contributed by atoms with E-state index in [2.05, 4.69) is 17.2 Å². The first-order chi connectivity index (χ1) is 15.7. The minimum absolute atomic E-state index is 0.0737. The Morgan fingerprint density at radius 1 is 1.39 bits per heavy atom. The van der Waals surface area contributed by atoms with Gasteiger partial charge in [0.25, 0.3) is 12.3 Å². The van der Waals surface area contributed by atoms with E-state index < -0.39 is 36.7 Å². The van der Waals surface area contributed by atoms with Gasteiger partial charge in [0.15, 0.2) is 23.2 Å². The van der Waals surface area contributed by atoms with Crippen LogP contribution in [-0.4, -0.2) is 85.3 Å². The number of carbonyl (C=O) groups is 2. The number of nitrogens with one attached hydrogen (secondary N) is 1. The van der Waals surface area contributed by atoms with Crippen molar-refractivity contribution in [3.05, 3.63) is 18.0 Å². The van der Waals surface area contributed by atoms with Crippen molar-refractivity contribution in [1.82, 2.24) is 10.3 Å². The highest BCUT2D eigenvalue weighted by Gasteiger charge is 2.30. The second-order valence-corrected chi connectivity index (χ2v) is 7.18. The number of carbonyl (C=O) groups excluding carboxylic acids is 2. The average molecular weight is 478 g/mol. The van der Waals surface area contributed by atoms with Crippen LogP contribution in [0.5, 0.6) is 11.5 Å². The summed E-state index contributed by atoms with van der Waals surface area (Å²) in [7, 11) is 1.36. The Hall–Kier alpha value is -2.57. The number of alkyl halides is 2. The van der Waals surface area contributed by atoms with Gasteiger partial charge in [-0.05, 0) is 13.3 Å². The number of pyridine rings is 1. The zero-order valence-electron chi connectivity index (χ0n) is 19.0. The Kier molecular flexibility index (Phi) is 13.2. The van der Waals surface area contributed by atoms with E-state index in [-0.39, 0.29) is 30.3 Å². The van der Waals surface area contributed by atoms with Gasteiger partial charge in [-0.15, -0.1) is 0 Å². The van der Waals surface area contributed by atoms with Crippen LogP contribution < -0.4 is 10.1 Å². The van der Waals surface area contributed by atoms with Crippen LogP contribution in [-0.2, 0) is 19.0 Å². The van der Waals surface area contributed by atoms with Crippen LogP contribution in [0.15, 0.2) is 12.3 Å². The molecule has 2 unspecified atom stereocenters. The van der Waals surface area contributed by atoms with E-state index in [0.717, 1.165) is 12.8 Å². The molecule has 1 aliphatic heterocycles. The van der Waals surface area contributed by atoms with Crippen LogP contribution in [0.25, 0.3) is 0 Å². The third-order valence-electron chi connectivity index (χ3n) is 4.40. The van der Waals surface area contributed by atoms with E-state index in [1.165, 1.54) is 19.4 Å². The number of hydrogen-bond donors (Lipinski definition) is 3. The van der Waals surface area contributed by atoms with Gasteiger partial charge in [0.05, 0.1) is 26.4 Å². The molecule has 1 aromatic heterocycles. The van der Waals surface area contributed by atoms with Crippen molar-refractivity contribution in [1.29, 1.82) is 0 Å². The lowest BCUT2D eigenvalue weighted by molar-refractivity contribution is -0.151. The maximum Gasteiger partial charge on any atom is 0.331 e. The number of amides is 1. The number of aromatic hydroxyl groups is 1. The van der Waals surface area contributed by atoms with E-state index in [9.17, 15) is 23.5 Å². The Bertz CT molecular complexity index is 738. The number of nitrogens with zero attached hydrogens (tertiary/aromatic N) is 1. The largest absolute Gasteiger partial charge is 0.503 e. The average Bonchev–Trinajstić information content (AvgIpc) is 2.84. The molecule has 1 aliphatic rings. The number of rotatable bonds is 8. The highest BCUT2D eigenvalue weighted by molar-refractivity contribution is 5.98. The molecule has 0 spiro atoms. The van der Waals surface area contributed by atoms with Crippen molar-refractivity contribution in [2.45, 2.75) is 57.8 Å². The van der Waals surface area contributed by atoms with Gasteiger partial charge in [-0.1, -0.05) is 13.3 Å². The summed E-state index contributed by atoms with van der Waals surface area (Å²) >= 11 is 0. The van der Waals surface area contributed by atoms with Gasteiger partial charge in [-0.25, -0.2) is 18.6 Å². The number of hydrogen-bond acceptors (Lipinski definition) is 9. The lowest BCUT2D eigenvalue weighted by Crippen LogP contribution is -2.45. The van der Waals surface area contributed by atoms with Crippen molar-refractivity contribution < 1.29 is 47.5 Å². The zero-order valence-corrected chi connectivity index (χ0v) is 19.0. The van der Waals surface area contributed by atoms with Gasteiger partial charge >= 0.3 is 5.97 Å². The highest BCUT2D eigenvalue weighted by Crippen LogP contribution is 2.27. The van der Waals surface area contributed by atoms with E-state index >= 15 is 0 Å². The normalized spacial score (nSPS) is 21.1. The third-order valence-corrected chi connectivity index (χ3v) is 4.40. The molecule has 2 rings (SSSR count). The summed E-state index contributed by atoms with van der Waals surface area (Å²) in [6, 6.07) is 0.390. The van der Waals surface area contributed by atoms with Gasteiger partial charge < -0.3 is 34.5 Å². The number of unbranched alkanes of at least 4 members (excludes halogenated alkanes) is 1. The fourth-order valence-corrected chi connectivity index (χ4v) is 2.76. The molecule has 1 amide bonds. The first-order valence-electron chi connectivity index (χ1n) is 10.5. The summed E-state index contributed by atoms with van der Waals surface area (Å²) in [5.74, 6) is -1.64. The fourth-order valence-electron chi connectivity index (χ4n) is 2.76.